The third-order valence-corrected chi connectivity index (χ3v) is 4.19. The summed E-state index contributed by atoms with van der Waals surface area (Å²) in [5, 5.41) is 0.284. The summed E-state index contributed by atoms with van der Waals surface area (Å²) in [6, 6.07) is 4.93. The Labute approximate surface area is 123 Å². The summed E-state index contributed by atoms with van der Waals surface area (Å²) in [6.07, 6.45) is -3.92. The largest absolute Gasteiger partial charge is 0.412 e. The molecule has 0 atom stereocenters. The van der Waals surface area contributed by atoms with Crippen LogP contribution in [0.25, 0.3) is 11.0 Å². The van der Waals surface area contributed by atoms with Gasteiger partial charge >= 0.3 is 6.18 Å². The highest BCUT2D eigenvalue weighted by Gasteiger charge is 2.65. The number of benzene rings is 1. The van der Waals surface area contributed by atoms with E-state index < -0.39 is 11.7 Å². The molecule has 2 nitrogen and oxygen atoms in total. The van der Waals surface area contributed by atoms with E-state index >= 15 is 0 Å². The summed E-state index contributed by atoms with van der Waals surface area (Å²) in [4.78, 5) is 4.28. The molecule has 0 amide bonds. The van der Waals surface area contributed by atoms with Crippen LogP contribution < -0.4 is 0 Å². The first kappa shape index (κ1) is 14.0. The van der Waals surface area contributed by atoms with Crippen molar-refractivity contribution in [2.24, 2.45) is 0 Å². The number of para-hydroxylation sites is 1. The fourth-order valence-electron chi connectivity index (χ4n) is 2.60. The van der Waals surface area contributed by atoms with Gasteiger partial charge in [0.05, 0.1) is 16.1 Å². The van der Waals surface area contributed by atoms with E-state index in [2.05, 4.69) is 4.98 Å². The first-order chi connectivity index (χ1) is 9.40. The Morgan fingerprint density at radius 2 is 2.00 bits per heavy atom. The Morgan fingerprint density at radius 3 is 2.55 bits per heavy atom. The predicted molar refractivity (Wildman–Crippen MR) is 72.4 cm³/mol. The van der Waals surface area contributed by atoms with Crippen LogP contribution in [-0.2, 0) is 12.0 Å². The Kier molecular flexibility index (Phi) is 3.18. The molecule has 1 aromatic heterocycles. The van der Waals surface area contributed by atoms with E-state index in [9.17, 15) is 13.2 Å². The monoisotopic (exact) mass is 322 g/mol. The summed E-state index contributed by atoms with van der Waals surface area (Å²) >= 11 is 11.8. The van der Waals surface area contributed by atoms with Crippen molar-refractivity contribution in [3.05, 3.63) is 29.0 Å². The average molecular weight is 323 g/mol. The summed E-state index contributed by atoms with van der Waals surface area (Å²) in [5.41, 5.74) is -1.04. The number of halogens is 5. The number of nitrogens with zero attached hydrogens (tertiary/aromatic N) is 2. The van der Waals surface area contributed by atoms with Crippen molar-refractivity contribution >= 4 is 34.2 Å². The van der Waals surface area contributed by atoms with E-state index in [0.717, 1.165) is 0 Å². The zero-order valence-electron chi connectivity index (χ0n) is 10.3. The van der Waals surface area contributed by atoms with Crippen LogP contribution in [0.4, 0.5) is 13.2 Å². The van der Waals surface area contributed by atoms with Crippen LogP contribution in [0, 0.1) is 0 Å². The van der Waals surface area contributed by atoms with Gasteiger partial charge < -0.3 is 4.57 Å². The maximum atomic E-state index is 13.4. The van der Waals surface area contributed by atoms with Crippen molar-refractivity contribution in [1.82, 2.24) is 9.55 Å². The van der Waals surface area contributed by atoms with Gasteiger partial charge in [0.2, 0.25) is 0 Å². The number of alkyl halides is 4. The van der Waals surface area contributed by atoms with Gasteiger partial charge in [0.15, 0.2) is 0 Å². The zero-order chi connectivity index (χ0) is 14.5. The number of rotatable bonds is 3. The molecule has 3 rings (SSSR count). The van der Waals surface area contributed by atoms with Crippen molar-refractivity contribution in [3.8, 4) is 0 Å². The molecule has 1 heterocycles. The molecule has 1 fully saturated rings. The SMILES string of the molecule is FC(F)(F)C1(n2c(CCCl)nc3cccc(Cl)c32)CC1. The highest BCUT2D eigenvalue weighted by molar-refractivity contribution is 6.35. The lowest BCUT2D eigenvalue weighted by atomic mass is 10.2. The molecular weight excluding hydrogens is 312 g/mol. The fourth-order valence-corrected chi connectivity index (χ4v) is 3.02. The third kappa shape index (κ3) is 1.91. The molecule has 1 aliphatic rings. The van der Waals surface area contributed by atoms with Crippen LogP contribution in [0.1, 0.15) is 18.7 Å². The normalized spacial score (nSPS) is 17.6. The van der Waals surface area contributed by atoms with Crippen LogP contribution >= 0.6 is 23.2 Å². The van der Waals surface area contributed by atoms with Gasteiger partial charge in [-0.2, -0.15) is 13.2 Å². The summed E-state index contributed by atoms with van der Waals surface area (Å²) in [7, 11) is 0. The second-order valence-corrected chi connectivity index (χ2v) is 5.72. The molecule has 0 saturated heterocycles. The van der Waals surface area contributed by atoms with Gasteiger partial charge in [-0.15, -0.1) is 11.6 Å². The van der Waals surface area contributed by atoms with Crippen LogP contribution in [0.3, 0.4) is 0 Å². The number of hydrogen-bond donors (Lipinski definition) is 0. The molecule has 0 bridgehead atoms. The van der Waals surface area contributed by atoms with Crippen molar-refractivity contribution in [2.45, 2.75) is 31.0 Å². The van der Waals surface area contributed by atoms with Crippen molar-refractivity contribution in [1.29, 1.82) is 0 Å². The minimum atomic E-state index is -4.32. The Bertz CT molecular complexity index is 659. The van der Waals surface area contributed by atoms with E-state index in [-0.39, 0.29) is 30.2 Å². The third-order valence-electron chi connectivity index (χ3n) is 3.69. The topological polar surface area (TPSA) is 17.8 Å². The van der Waals surface area contributed by atoms with Gasteiger partial charge in [-0.25, -0.2) is 4.98 Å². The summed E-state index contributed by atoms with van der Waals surface area (Å²) < 4.78 is 41.5. The molecule has 7 heteroatoms. The molecule has 0 aliphatic heterocycles. The molecule has 108 valence electrons. The molecule has 0 radical (unpaired) electrons. The maximum Gasteiger partial charge on any atom is 0.412 e. The van der Waals surface area contributed by atoms with Crippen molar-refractivity contribution in [2.75, 3.05) is 5.88 Å². The highest BCUT2D eigenvalue weighted by Crippen LogP contribution is 2.57. The van der Waals surface area contributed by atoms with E-state index in [1.807, 2.05) is 0 Å². The Hall–Kier alpha value is -0.940. The first-order valence-corrected chi connectivity index (χ1v) is 7.11. The Morgan fingerprint density at radius 1 is 1.30 bits per heavy atom. The zero-order valence-corrected chi connectivity index (χ0v) is 11.9. The molecule has 1 saturated carbocycles. The molecule has 0 spiro atoms. The van der Waals surface area contributed by atoms with Gasteiger partial charge in [-0.05, 0) is 25.0 Å². The highest BCUT2D eigenvalue weighted by atomic mass is 35.5. The van der Waals surface area contributed by atoms with Crippen molar-refractivity contribution in [3.63, 3.8) is 0 Å². The smallest absolute Gasteiger partial charge is 0.311 e. The lowest BCUT2D eigenvalue weighted by Gasteiger charge is -2.24. The Balaban J connectivity index is 2.30. The number of imidazole rings is 1. The quantitative estimate of drug-likeness (QED) is 0.759. The molecular formula is C13H11Cl2F3N2. The van der Waals surface area contributed by atoms with Crippen LogP contribution in [-0.4, -0.2) is 21.6 Å². The molecule has 2 aromatic rings. The van der Waals surface area contributed by atoms with E-state index in [1.165, 1.54) is 4.57 Å². The lowest BCUT2D eigenvalue weighted by Crippen LogP contribution is -2.36. The van der Waals surface area contributed by atoms with Crippen LogP contribution in [0.15, 0.2) is 18.2 Å². The number of fused-ring (bicyclic) bond motifs is 1. The minimum Gasteiger partial charge on any atom is -0.311 e. The maximum absolute atomic E-state index is 13.4. The molecule has 20 heavy (non-hydrogen) atoms. The standard InChI is InChI=1S/C13H11Cl2F3N2/c14-7-4-10-19-9-3-1-2-8(15)11(9)20(10)12(5-6-12)13(16,17)18/h1-3H,4-7H2. The number of aryl methyl sites for hydroxylation is 1. The fraction of sp³-hybridized carbons (Fsp3) is 0.462. The average Bonchev–Trinajstić information content (AvgIpc) is 3.08. The minimum absolute atomic E-state index is 0.0580. The van der Waals surface area contributed by atoms with Gasteiger partial charge in [0, 0.05) is 12.3 Å². The second kappa shape index (κ2) is 4.53. The van der Waals surface area contributed by atoms with Crippen molar-refractivity contribution < 1.29 is 13.2 Å². The number of hydrogen-bond acceptors (Lipinski definition) is 1. The van der Waals surface area contributed by atoms with Gasteiger partial charge in [0.1, 0.15) is 11.4 Å². The second-order valence-electron chi connectivity index (χ2n) is 4.94. The predicted octanol–water partition coefficient (Wildman–Crippen LogP) is 4.52. The molecule has 0 unspecified atom stereocenters. The van der Waals surface area contributed by atoms with E-state index in [1.54, 1.807) is 18.2 Å². The molecule has 1 aliphatic carbocycles. The summed E-state index contributed by atoms with van der Waals surface area (Å²) in [5.74, 6) is 0.562. The first-order valence-electron chi connectivity index (χ1n) is 6.20. The van der Waals surface area contributed by atoms with Crippen LogP contribution in [0.5, 0.6) is 0 Å². The molecule has 1 aromatic carbocycles. The molecule has 0 N–H and O–H groups in total. The van der Waals surface area contributed by atoms with Gasteiger partial charge in [-0.3, -0.25) is 0 Å². The van der Waals surface area contributed by atoms with Gasteiger partial charge in [-0.1, -0.05) is 17.7 Å². The lowest BCUT2D eigenvalue weighted by molar-refractivity contribution is -0.179. The van der Waals surface area contributed by atoms with E-state index in [0.29, 0.717) is 16.9 Å². The van der Waals surface area contributed by atoms with E-state index in [4.69, 9.17) is 23.2 Å². The number of aromatic nitrogens is 2. The summed E-state index contributed by atoms with van der Waals surface area (Å²) in [6.45, 7) is 0. The van der Waals surface area contributed by atoms with Crippen LogP contribution in [0.2, 0.25) is 5.02 Å². The van der Waals surface area contributed by atoms with Gasteiger partial charge in [0.25, 0.3) is 0 Å².